The standard InChI is InChI=1S/C7H15NO2/c1-4-5(2)7(8)10-6(3)9/h5,7H,4,8H2,1-3H3. The van der Waals surface area contributed by atoms with E-state index in [-0.39, 0.29) is 11.9 Å². The number of rotatable bonds is 3. The van der Waals surface area contributed by atoms with Gasteiger partial charge >= 0.3 is 5.97 Å². The number of nitrogens with two attached hydrogens (primary N) is 1. The number of hydrogen-bond donors (Lipinski definition) is 1. The minimum absolute atomic E-state index is 0.240. The molecule has 0 saturated heterocycles. The SMILES string of the molecule is CCC(C)C(N)OC(C)=O. The van der Waals surface area contributed by atoms with Gasteiger partial charge in [0, 0.05) is 12.8 Å². The second-order valence-corrected chi connectivity index (χ2v) is 2.46. The van der Waals surface area contributed by atoms with Crippen LogP contribution in [0.2, 0.25) is 0 Å². The highest BCUT2D eigenvalue weighted by Gasteiger charge is 2.12. The zero-order valence-electron chi connectivity index (χ0n) is 6.76. The van der Waals surface area contributed by atoms with E-state index in [0.717, 1.165) is 6.42 Å². The van der Waals surface area contributed by atoms with Crippen LogP contribution in [0.5, 0.6) is 0 Å². The lowest BCUT2D eigenvalue weighted by Gasteiger charge is -2.17. The summed E-state index contributed by atoms with van der Waals surface area (Å²) in [6.45, 7) is 5.32. The van der Waals surface area contributed by atoms with Crippen molar-refractivity contribution in [3.05, 3.63) is 0 Å². The van der Waals surface area contributed by atoms with Crippen molar-refractivity contribution in [3.63, 3.8) is 0 Å². The van der Waals surface area contributed by atoms with Crippen molar-refractivity contribution in [2.24, 2.45) is 11.7 Å². The van der Waals surface area contributed by atoms with Crippen molar-refractivity contribution >= 4 is 5.97 Å². The molecule has 0 aliphatic heterocycles. The monoisotopic (exact) mass is 145 g/mol. The van der Waals surface area contributed by atoms with Crippen molar-refractivity contribution in [3.8, 4) is 0 Å². The van der Waals surface area contributed by atoms with Gasteiger partial charge < -0.3 is 4.74 Å². The van der Waals surface area contributed by atoms with Crippen LogP contribution in [0.1, 0.15) is 27.2 Å². The van der Waals surface area contributed by atoms with Crippen LogP contribution >= 0.6 is 0 Å². The fourth-order valence-corrected chi connectivity index (χ4v) is 0.540. The highest BCUT2D eigenvalue weighted by molar-refractivity contribution is 5.66. The van der Waals surface area contributed by atoms with Crippen LogP contribution in [0.4, 0.5) is 0 Å². The molecule has 2 N–H and O–H groups in total. The maximum Gasteiger partial charge on any atom is 0.304 e. The van der Waals surface area contributed by atoms with Crippen LogP contribution in [-0.2, 0) is 9.53 Å². The van der Waals surface area contributed by atoms with Gasteiger partial charge in [-0.3, -0.25) is 10.5 Å². The van der Waals surface area contributed by atoms with Crippen molar-refractivity contribution in [1.82, 2.24) is 0 Å². The molecule has 0 fully saturated rings. The van der Waals surface area contributed by atoms with Crippen molar-refractivity contribution in [2.45, 2.75) is 33.4 Å². The van der Waals surface area contributed by atoms with Gasteiger partial charge in [0.25, 0.3) is 0 Å². The molecule has 0 radical (unpaired) electrons. The molecule has 3 heteroatoms. The second-order valence-electron chi connectivity index (χ2n) is 2.46. The molecule has 2 atom stereocenters. The van der Waals surface area contributed by atoms with E-state index in [9.17, 15) is 4.79 Å². The zero-order valence-corrected chi connectivity index (χ0v) is 6.76. The van der Waals surface area contributed by atoms with Crippen LogP contribution in [0.15, 0.2) is 0 Å². The van der Waals surface area contributed by atoms with E-state index in [0.29, 0.717) is 0 Å². The highest BCUT2D eigenvalue weighted by Crippen LogP contribution is 2.05. The molecule has 0 aliphatic carbocycles. The summed E-state index contributed by atoms with van der Waals surface area (Å²) in [5.41, 5.74) is 5.49. The van der Waals surface area contributed by atoms with Gasteiger partial charge in [-0.15, -0.1) is 0 Å². The highest BCUT2D eigenvalue weighted by atomic mass is 16.6. The van der Waals surface area contributed by atoms with Crippen molar-refractivity contribution in [1.29, 1.82) is 0 Å². The molecule has 0 aromatic carbocycles. The van der Waals surface area contributed by atoms with E-state index in [1.165, 1.54) is 6.92 Å². The van der Waals surface area contributed by atoms with Crippen LogP contribution < -0.4 is 5.73 Å². The van der Waals surface area contributed by atoms with Crippen LogP contribution in [-0.4, -0.2) is 12.2 Å². The summed E-state index contributed by atoms with van der Waals surface area (Å²) in [7, 11) is 0. The molecule has 0 heterocycles. The Bertz CT molecular complexity index is 114. The summed E-state index contributed by atoms with van der Waals surface area (Å²) in [4.78, 5) is 10.4. The Kier molecular flexibility index (Phi) is 4.03. The molecule has 0 aromatic heterocycles. The number of carbonyl (C=O) groups excluding carboxylic acids is 1. The number of ether oxygens (including phenoxy) is 1. The minimum atomic E-state index is -0.442. The molecule has 0 aliphatic rings. The van der Waals surface area contributed by atoms with Gasteiger partial charge in [0.2, 0.25) is 0 Å². The van der Waals surface area contributed by atoms with Gasteiger partial charge in [0.1, 0.15) is 0 Å². The first-order valence-corrected chi connectivity index (χ1v) is 3.50. The predicted octanol–water partition coefficient (Wildman–Crippen LogP) is 0.880. The summed E-state index contributed by atoms with van der Waals surface area (Å²) in [5, 5.41) is 0. The first-order chi connectivity index (χ1) is 4.57. The molecule has 0 amide bonds. The molecular formula is C7H15NO2. The lowest BCUT2D eigenvalue weighted by atomic mass is 10.1. The summed E-state index contributed by atoms with van der Waals surface area (Å²) in [5.74, 6) is -0.0725. The molecule has 2 unspecified atom stereocenters. The van der Waals surface area contributed by atoms with Gasteiger partial charge in [0.05, 0.1) is 0 Å². The normalized spacial score (nSPS) is 16.0. The topological polar surface area (TPSA) is 52.3 Å². The largest absolute Gasteiger partial charge is 0.447 e. The summed E-state index contributed by atoms with van der Waals surface area (Å²) < 4.78 is 4.74. The molecule has 3 nitrogen and oxygen atoms in total. The average molecular weight is 145 g/mol. The molecule has 0 spiro atoms. The number of hydrogen-bond acceptors (Lipinski definition) is 3. The van der Waals surface area contributed by atoms with E-state index in [2.05, 4.69) is 0 Å². The third-order valence-corrected chi connectivity index (χ3v) is 1.51. The Morgan fingerprint density at radius 2 is 2.20 bits per heavy atom. The van der Waals surface area contributed by atoms with E-state index in [1.807, 2.05) is 13.8 Å². The van der Waals surface area contributed by atoms with E-state index >= 15 is 0 Å². The molecular weight excluding hydrogens is 130 g/mol. The Morgan fingerprint density at radius 3 is 2.50 bits per heavy atom. The Balaban J connectivity index is 3.61. The minimum Gasteiger partial charge on any atom is -0.447 e. The molecule has 0 bridgehead atoms. The van der Waals surface area contributed by atoms with Crippen molar-refractivity contribution < 1.29 is 9.53 Å². The number of carbonyl (C=O) groups is 1. The summed E-state index contributed by atoms with van der Waals surface area (Å²) in [6, 6.07) is 0. The van der Waals surface area contributed by atoms with Crippen LogP contribution in [0.25, 0.3) is 0 Å². The smallest absolute Gasteiger partial charge is 0.304 e. The van der Waals surface area contributed by atoms with Crippen LogP contribution in [0, 0.1) is 5.92 Å². The first kappa shape index (κ1) is 9.43. The van der Waals surface area contributed by atoms with Gasteiger partial charge in [-0.1, -0.05) is 13.8 Å². The first-order valence-electron chi connectivity index (χ1n) is 3.50. The number of esters is 1. The third-order valence-electron chi connectivity index (χ3n) is 1.51. The molecule has 0 saturated carbocycles. The Labute approximate surface area is 61.5 Å². The van der Waals surface area contributed by atoms with Crippen molar-refractivity contribution in [2.75, 3.05) is 0 Å². The maximum absolute atomic E-state index is 10.4. The fourth-order valence-electron chi connectivity index (χ4n) is 0.540. The molecule has 60 valence electrons. The lowest BCUT2D eigenvalue weighted by Crippen LogP contribution is -2.32. The molecule has 0 aromatic rings. The van der Waals surface area contributed by atoms with Gasteiger partial charge in [-0.05, 0) is 6.42 Å². The van der Waals surface area contributed by atoms with Crippen LogP contribution in [0.3, 0.4) is 0 Å². The van der Waals surface area contributed by atoms with E-state index in [1.54, 1.807) is 0 Å². The summed E-state index contributed by atoms with van der Waals surface area (Å²) >= 11 is 0. The third kappa shape index (κ3) is 3.45. The van der Waals surface area contributed by atoms with E-state index < -0.39 is 6.23 Å². The quantitative estimate of drug-likeness (QED) is 0.473. The maximum atomic E-state index is 10.4. The van der Waals surface area contributed by atoms with Gasteiger partial charge in [-0.2, -0.15) is 0 Å². The van der Waals surface area contributed by atoms with E-state index in [4.69, 9.17) is 10.5 Å². The zero-order chi connectivity index (χ0) is 8.15. The Morgan fingerprint density at radius 1 is 1.70 bits per heavy atom. The summed E-state index contributed by atoms with van der Waals surface area (Å²) in [6.07, 6.45) is 0.483. The van der Waals surface area contributed by atoms with Gasteiger partial charge in [0.15, 0.2) is 6.23 Å². The Hall–Kier alpha value is -0.570. The van der Waals surface area contributed by atoms with Gasteiger partial charge in [-0.25, -0.2) is 0 Å². The fraction of sp³-hybridized carbons (Fsp3) is 0.857. The predicted molar refractivity (Wildman–Crippen MR) is 39.2 cm³/mol. The second kappa shape index (κ2) is 4.28. The molecule has 0 rings (SSSR count). The lowest BCUT2D eigenvalue weighted by molar-refractivity contribution is -0.148. The average Bonchev–Trinajstić information content (AvgIpc) is 1.85. The molecule has 10 heavy (non-hydrogen) atoms.